The second-order valence-electron chi connectivity index (χ2n) is 18.4. The van der Waals surface area contributed by atoms with Crippen molar-refractivity contribution >= 4 is 25.7 Å². The van der Waals surface area contributed by atoms with Gasteiger partial charge in [-0.3, -0.25) is 23.4 Å². The molecule has 2 N–H and O–H groups in total. The monoisotopic (exact) mass is 1000 g/mol. The van der Waals surface area contributed by atoms with E-state index in [0.29, 0.717) is 19.3 Å². The van der Waals surface area contributed by atoms with Gasteiger partial charge in [0.25, 0.3) is 0 Å². The minimum Gasteiger partial charge on any atom is -0.462 e. The maximum atomic E-state index is 12.9. The van der Waals surface area contributed by atoms with Crippen LogP contribution in [0.2, 0.25) is 0 Å². The number of rotatable bonds is 51. The van der Waals surface area contributed by atoms with Crippen LogP contribution in [0.5, 0.6) is 0 Å². The molecule has 0 aromatic heterocycles. The van der Waals surface area contributed by atoms with Gasteiger partial charge in [0.2, 0.25) is 0 Å². The standard InChI is InChI=1S/C58H101O11P/c1-4-7-10-13-16-19-21-23-25-26-27-28-30-32-34-37-40-43-46-49-58(62)69-55(51-65-56(60)47-44-41-38-35-18-15-12-9-6-3)53-67-70(63,64)66-52-54(50-59)68-57(61)48-45-42-39-36-33-31-29-24-22-20-17-14-11-8-5-2/h8,11,16-17,19-20,23-25,27-29,54-55,59H,4-7,9-10,12-15,18,21-22,26,30-53H2,1-3H3,(H,63,64)/b11-8-,19-16-,20-17-,25-23-,28-27-,29-24-. The van der Waals surface area contributed by atoms with Gasteiger partial charge in [-0.05, 0) is 89.9 Å². The van der Waals surface area contributed by atoms with Crippen molar-refractivity contribution in [1.29, 1.82) is 0 Å². The van der Waals surface area contributed by atoms with E-state index in [0.717, 1.165) is 122 Å². The highest BCUT2D eigenvalue weighted by atomic mass is 31.2. The quantitative estimate of drug-likeness (QED) is 0.0197. The summed E-state index contributed by atoms with van der Waals surface area (Å²) in [6.45, 7) is 4.45. The van der Waals surface area contributed by atoms with E-state index in [9.17, 15) is 28.9 Å². The van der Waals surface area contributed by atoms with E-state index in [1.54, 1.807) is 0 Å². The first-order chi connectivity index (χ1) is 34.2. The van der Waals surface area contributed by atoms with Gasteiger partial charge in [0.15, 0.2) is 6.10 Å². The molecule has 0 rings (SSSR count). The average molecular weight is 1010 g/mol. The summed E-state index contributed by atoms with van der Waals surface area (Å²) >= 11 is 0. The molecule has 0 heterocycles. The summed E-state index contributed by atoms with van der Waals surface area (Å²) in [6.07, 6.45) is 57.2. The Hall–Kier alpha value is -3.08. The molecular formula is C58H101O11P. The van der Waals surface area contributed by atoms with Crippen LogP contribution < -0.4 is 0 Å². The van der Waals surface area contributed by atoms with Crippen molar-refractivity contribution in [2.75, 3.05) is 26.4 Å². The fraction of sp³-hybridized carbons (Fsp3) is 0.741. The number of ether oxygens (including phenoxy) is 3. The first kappa shape index (κ1) is 66.9. The van der Waals surface area contributed by atoms with Crippen LogP contribution in [0.1, 0.15) is 239 Å². The van der Waals surface area contributed by atoms with E-state index in [4.69, 9.17) is 23.3 Å². The van der Waals surface area contributed by atoms with E-state index in [-0.39, 0.29) is 25.9 Å². The summed E-state index contributed by atoms with van der Waals surface area (Å²) < 4.78 is 39.4. The van der Waals surface area contributed by atoms with Crippen molar-refractivity contribution in [2.45, 2.75) is 251 Å². The molecule has 70 heavy (non-hydrogen) atoms. The maximum Gasteiger partial charge on any atom is 0.472 e. The molecule has 3 atom stereocenters. The van der Waals surface area contributed by atoms with E-state index >= 15 is 0 Å². The Balaban J connectivity index is 4.69. The number of phosphoric acid groups is 1. The molecule has 404 valence electrons. The number of esters is 3. The molecule has 12 heteroatoms. The molecule has 11 nitrogen and oxygen atoms in total. The van der Waals surface area contributed by atoms with Gasteiger partial charge in [-0.25, -0.2) is 4.57 Å². The number of hydrogen-bond donors (Lipinski definition) is 2. The fourth-order valence-corrected chi connectivity index (χ4v) is 8.16. The molecular weight excluding hydrogens is 904 g/mol. The van der Waals surface area contributed by atoms with Crippen LogP contribution in [0, 0.1) is 0 Å². The number of aliphatic hydroxyl groups excluding tert-OH is 1. The lowest BCUT2D eigenvalue weighted by molar-refractivity contribution is -0.161. The van der Waals surface area contributed by atoms with E-state index in [1.165, 1.54) is 57.8 Å². The zero-order valence-corrected chi connectivity index (χ0v) is 45.4. The SMILES string of the molecule is CC/C=C\C/C=C\C/C=C\CCCCCCCC(=O)OC(CO)COP(=O)(O)OCC(COC(=O)CCCCCCCCCCC)OC(=O)CCCCCCCC/C=C\C/C=C\C/C=C\CCCCC. The van der Waals surface area contributed by atoms with Crippen molar-refractivity contribution in [1.82, 2.24) is 0 Å². The summed E-state index contributed by atoms with van der Waals surface area (Å²) in [5.41, 5.74) is 0. The van der Waals surface area contributed by atoms with Gasteiger partial charge in [0.1, 0.15) is 12.7 Å². The molecule has 0 spiro atoms. The van der Waals surface area contributed by atoms with Crippen molar-refractivity contribution in [2.24, 2.45) is 0 Å². The molecule has 3 unspecified atom stereocenters. The van der Waals surface area contributed by atoms with Crippen LogP contribution in [0.25, 0.3) is 0 Å². The lowest BCUT2D eigenvalue weighted by Crippen LogP contribution is -2.30. The fourth-order valence-electron chi connectivity index (χ4n) is 7.38. The predicted octanol–water partition coefficient (Wildman–Crippen LogP) is 16.1. The number of aliphatic hydroxyl groups is 1. The van der Waals surface area contributed by atoms with Crippen molar-refractivity contribution in [3.8, 4) is 0 Å². The number of unbranched alkanes of at least 4 members (excludes halogenated alkanes) is 22. The largest absolute Gasteiger partial charge is 0.472 e. The number of allylic oxidation sites excluding steroid dienone is 12. The normalized spacial score (nSPS) is 14.0. The summed E-state index contributed by atoms with van der Waals surface area (Å²) in [7, 11) is -4.75. The smallest absolute Gasteiger partial charge is 0.462 e. The van der Waals surface area contributed by atoms with Gasteiger partial charge < -0.3 is 24.2 Å². The molecule has 0 aliphatic carbocycles. The molecule has 0 aromatic rings. The van der Waals surface area contributed by atoms with Crippen LogP contribution in [-0.4, -0.2) is 66.5 Å². The van der Waals surface area contributed by atoms with Crippen LogP contribution in [-0.2, 0) is 42.2 Å². The molecule has 0 aliphatic heterocycles. The third-order valence-corrected chi connectivity index (χ3v) is 12.6. The Morgan fingerprint density at radius 1 is 0.414 bits per heavy atom. The van der Waals surface area contributed by atoms with Crippen molar-refractivity contribution in [3.63, 3.8) is 0 Å². The van der Waals surface area contributed by atoms with Crippen LogP contribution in [0.4, 0.5) is 0 Å². The number of carbonyl (C=O) groups excluding carboxylic acids is 3. The minimum atomic E-state index is -4.75. The van der Waals surface area contributed by atoms with Gasteiger partial charge in [-0.2, -0.15) is 0 Å². The Kier molecular flexibility index (Phi) is 50.0. The number of hydrogen-bond acceptors (Lipinski definition) is 10. The van der Waals surface area contributed by atoms with Crippen LogP contribution >= 0.6 is 7.82 Å². The summed E-state index contributed by atoms with van der Waals surface area (Å²) in [4.78, 5) is 48.4. The Bertz CT molecular complexity index is 1450. The first-order valence-electron chi connectivity index (χ1n) is 27.8. The first-order valence-corrected chi connectivity index (χ1v) is 29.3. The molecule has 0 amide bonds. The molecule has 0 fully saturated rings. The molecule has 0 aliphatic rings. The van der Waals surface area contributed by atoms with Crippen molar-refractivity contribution < 1.29 is 52.2 Å². The summed E-state index contributed by atoms with van der Waals surface area (Å²) in [6, 6.07) is 0. The molecule has 0 saturated heterocycles. The van der Waals surface area contributed by atoms with Gasteiger partial charge in [0, 0.05) is 19.3 Å². The third-order valence-electron chi connectivity index (χ3n) is 11.6. The maximum absolute atomic E-state index is 12.9. The molecule has 0 saturated carbocycles. The number of carbonyl (C=O) groups is 3. The topological polar surface area (TPSA) is 155 Å². The highest BCUT2D eigenvalue weighted by Crippen LogP contribution is 2.43. The lowest BCUT2D eigenvalue weighted by atomic mass is 10.1. The minimum absolute atomic E-state index is 0.151. The zero-order chi connectivity index (χ0) is 51.3. The van der Waals surface area contributed by atoms with Crippen molar-refractivity contribution in [3.05, 3.63) is 72.9 Å². The average Bonchev–Trinajstić information content (AvgIpc) is 3.35. The molecule has 0 aromatic carbocycles. The van der Waals surface area contributed by atoms with Gasteiger partial charge in [0.05, 0.1) is 19.8 Å². The lowest BCUT2D eigenvalue weighted by Gasteiger charge is -2.21. The Morgan fingerprint density at radius 2 is 0.743 bits per heavy atom. The highest BCUT2D eigenvalue weighted by molar-refractivity contribution is 7.47. The Labute approximate surface area is 427 Å². The van der Waals surface area contributed by atoms with E-state index in [2.05, 4.69) is 93.7 Å². The second kappa shape index (κ2) is 52.2. The zero-order valence-electron chi connectivity index (χ0n) is 44.5. The van der Waals surface area contributed by atoms with Gasteiger partial charge in [-0.15, -0.1) is 0 Å². The van der Waals surface area contributed by atoms with Gasteiger partial charge in [-0.1, -0.05) is 203 Å². The molecule has 0 radical (unpaired) electrons. The van der Waals surface area contributed by atoms with E-state index in [1.807, 2.05) is 0 Å². The van der Waals surface area contributed by atoms with Crippen LogP contribution in [0.15, 0.2) is 72.9 Å². The summed E-state index contributed by atoms with van der Waals surface area (Å²) in [5, 5.41) is 9.79. The number of phosphoric ester groups is 1. The molecule has 0 bridgehead atoms. The van der Waals surface area contributed by atoms with E-state index < -0.39 is 57.8 Å². The van der Waals surface area contributed by atoms with Gasteiger partial charge >= 0.3 is 25.7 Å². The predicted molar refractivity (Wildman–Crippen MR) is 288 cm³/mol. The Morgan fingerprint density at radius 3 is 1.17 bits per heavy atom. The second-order valence-corrected chi connectivity index (χ2v) is 19.8. The highest BCUT2D eigenvalue weighted by Gasteiger charge is 2.28. The summed E-state index contributed by atoms with van der Waals surface area (Å²) in [5.74, 6) is -1.50. The van der Waals surface area contributed by atoms with Crippen LogP contribution in [0.3, 0.4) is 0 Å². The third kappa shape index (κ3) is 49.9.